The van der Waals surface area contributed by atoms with Crippen molar-refractivity contribution in [2.24, 2.45) is 5.73 Å². The van der Waals surface area contributed by atoms with E-state index in [0.29, 0.717) is 5.88 Å². The Kier molecular flexibility index (Phi) is 3.55. The quantitative estimate of drug-likeness (QED) is 0.614. The van der Waals surface area contributed by atoms with Gasteiger partial charge in [0.15, 0.2) is 5.88 Å². The second-order valence-corrected chi connectivity index (χ2v) is 2.56. The number of anilines is 1. The molecule has 1 heterocycles. The summed E-state index contributed by atoms with van der Waals surface area (Å²) in [6, 6.07) is 2.79. The summed E-state index contributed by atoms with van der Waals surface area (Å²) in [5.41, 5.74) is 4.73. The Morgan fingerprint density at radius 1 is 1.53 bits per heavy atom. The predicted molar refractivity (Wildman–Crippen MR) is 49.7 cm³/mol. The average molecular weight is 214 g/mol. The van der Waals surface area contributed by atoms with Crippen LogP contribution >= 0.6 is 0 Å². The highest BCUT2D eigenvalue weighted by Crippen LogP contribution is 2.12. The number of furan rings is 1. The zero-order chi connectivity index (χ0) is 11.3. The highest BCUT2D eigenvalue weighted by atomic mass is 16.5. The third kappa shape index (κ3) is 3.59. The van der Waals surface area contributed by atoms with Gasteiger partial charge in [0.25, 0.3) is 0 Å². The van der Waals surface area contributed by atoms with Gasteiger partial charge in [0.05, 0.1) is 6.54 Å². The van der Waals surface area contributed by atoms with Crippen LogP contribution < -0.4 is 11.1 Å². The molecule has 15 heavy (non-hydrogen) atoms. The minimum atomic E-state index is -1.14. The molecular weight excluding hydrogens is 204 g/mol. The molecule has 0 aliphatic carbocycles. The molecule has 1 amide bonds. The van der Waals surface area contributed by atoms with Crippen LogP contribution in [0.15, 0.2) is 16.5 Å². The molecule has 1 aromatic rings. The molecule has 0 spiro atoms. The summed E-state index contributed by atoms with van der Waals surface area (Å²) in [6.07, 6.45) is -0.859. The number of amides is 1. The first-order chi connectivity index (χ1) is 7.09. The van der Waals surface area contributed by atoms with Crippen molar-refractivity contribution >= 4 is 17.9 Å². The third-order valence-electron chi connectivity index (χ3n) is 1.46. The normalized spacial score (nSPS) is 9.60. The Morgan fingerprint density at radius 2 is 2.27 bits per heavy atom. The van der Waals surface area contributed by atoms with Crippen LogP contribution in [0.3, 0.4) is 0 Å². The fourth-order valence-electron chi connectivity index (χ4n) is 0.874. The molecule has 1 aromatic heterocycles. The Balaban J connectivity index is 2.31. The number of hydrogen-bond donors (Lipinski definition) is 3. The topological polar surface area (TPSA) is 115 Å². The van der Waals surface area contributed by atoms with E-state index in [9.17, 15) is 9.59 Å². The molecule has 0 radical (unpaired) electrons. The van der Waals surface area contributed by atoms with Gasteiger partial charge in [-0.2, -0.15) is 0 Å². The SMILES string of the molecule is NC(=O)OCCNc1ccc(C(=O)O)o1. The van der Waals surface area contributed by atoms with E-state index in [1.54, 1.807) is 0 Å². The lowest BCUT2D eigenvalue weighted by Gasteiger charge is -2.02. The number of primary amides is 1. The number of carbonyl (C=O) groups is 2. The summed E-state index contributed by atoms with van der Waals surface area (Å²) in [6.45, 7) is 0.369. The maximum absolute atomic E-state index is 10.4. The molecule has 1 rings (SSSR count). The highest BCUT2D eigenvalue weighted by molar-refractivity contribution is 5.84. The van der Waals surface area contributed by atoms with Gasteiger partial charge in [-0.25, -0.2) is 9.59 Å². The van der Waals surface area contributed by atoms with Crippen molar-refractivity contribution in [2.75, 3.05) is 18.5 Å². The van der Waals surface area contributed by atoms with Crippen LogP contribution in [0.1, 0.15) is 10.6 Å². The fourth-order valence-corrected chi connectivity index (χ4v) is 0.874. The number of nitrogens with two attached hydrogens (primary N) is 1. The van der Waals surface area contributed by atoms with Crippen LogP contribution in [0, 0.1) is 0 Å². The molecule has 0 saturated heterocycles. The van der Waals surface area contributed by atoms with E-state index in [1.165, 1.54) is 12.1 Å². The van der Waals surface area contributed by atoms with E-state index in [2.05, 4.69) is 10.1 Å². The van der Waals surface area contributed by atoms with Crippen molar-refractivity contribution in [1.82, 2.24) is 0 Å². The van der Waals surface area contributed by atoms with E-state index in [1.807, 2.05) is 0 Å². The van der Waals surface area contributed by atoms with Crippen LogP contribution in [0.5, 0.6) is 0 Å². The number of carbonyl (C=O) groups excluding carboxylic acids is 1. The molecule has 0 bridgehead atoms. The van der Waals surface area contributed by atoms with E-state index >= 15 is 0 Å². The van der Waals surface area contributed by atoms with Gasteiger partial charge >= 0.3 is 12.1 Å². The van der Waals surface area contributed by atoms with E-state index < -0.39 is 12.1 Å². The third-order valence-corrected chi connectivity index (χ3v) is 1.46. The minimum absolute atomic E-state index is 0.0818. The number of hydrogen-bond acceptors (Lipinski definition) is 5. The van der Waals surface area contributed by atoms with Crippen molar-refractivity contribution in [3.05, 3.63) is 17.9 Å². The van der Waals surface area contributed by atoms with Crippen LogP contribution in [-0.2, 0) is 4.74 Å². The van der Waals surface area contributed by atoms with E-state index in [0.717, 1.165) is 0 Å². The van der Waals surface area contributed by atoms with Gasteiger partial charge in [-0.3, -0.25) is 0 Å². The largest absolute Gasteiger partial charge is 0.475 e. The van der Waals surface area contributed by atoms with Crippen LogP contribution in [0.2, 0.25) is 0 Å². The summed E-state index contributed by atoms with van der Waals surface area (Å²) in [7, 11) is 0. The lowest BCUT2D eigenvalue weighted by molar-refractivity contribution is 0.0663. The lowest BCUT2D eigenvalue weighted by atomic mass is 10.4. The van der Waals surface area contributed by atoms with Gasteiger partial charge < -0.3 is 25.3 Å². The monoisotopic (exact) mass is 214 g/mol. The van der Waals surface area contributed by atoms with Crippen LogP contribution in [0.25, 0.3) is 0 Å². The summed E-state index contributed by atoms with van der Waals surface area (Å²) >= 11 is 0. The standard InChI is InChI=1S/C8H10N2O5/c9-8(13)14-4-3-10-6-2-1-5(15-6)7(11)12/h1-2,10H,3-4H2,(H2,9,13)(H,11,12). The molecule has 4 N–H and O–H groups in total. The molecule has 0 unspecified atom stereocenters. The van der Waals surface area contributed by atoms with Gasteiger partial charge in [0.1, 0.15) is 6.61 Å². The molecule has 0 aromatic carbocycles. The summed E-state index contributed by atoms with van der Waals surface area (Å²) < 4.78 is 9.31. The Labute approximate surface area is 84.8 Å². The summed E-state index contributed by atoms with van der Waals surface area (Å²) in [5, 5.41) is 11.2. The van der Waals surface area contributed by atoms with Gasteiger partial charge in [0.2, 0.25) is 5.76 Å². The number of carboxylic acids is 1. The molecule has 0 atom stereocenters. The predicted octanol–water partition coefficient (Wildman–Crippen LogP) is 0.485. The molecule has 82 valence electrons. The lowest BCUT2D eigenvalue weighted by Crippen LogP contribution is -2.18. The van der Waals surface area contributed by atoms with Gasteiger partial charge in [-0.15, -0.1) is 0 Å². The minimum Gasteiger partial charge on any atom is -0.475 e. The van der Waals surface area contributed by atoms with Gasteiger partial charge in [0, 0.05) is 6.07 Å². The second kappa shape index (κ2) is 4.89. The Bertz CT molecular complexity index is 360. The van der Waals surface area contributed by atoms with Crippen molar-refractivity contribution in [3.8, 4) is 0 Å². The molecule has 7 nitrogen and oxygen atoms in total. The smallest absolute Gasteiger partial charge is 0.404 e. The fraction of sp³-hybridized carbons (Fsp3) is 0.250. The van der Waals surface area contributed by atoms with E-state index in [-0.39, 0.29) is 18.9 Å². The number of nitrogens with one attached hydrogen (secondary N) is 1. The van der Waals surface area contributed by atoms with Crippen molar-refractivity contribution in [1.29, 1.82) is 0 Å². The first kappa shape index (κ1) is 10.9. The van der Waals surface area contributed by atoms with Crippen molar-refractivity contribution in [2.45, 2.75) is 0 Å². The number of aromatic carboxylic acids is 1. The molecule has 0 aliphatic heterocycles. The molecule has 7 heteroatoms. The Hall–Kier alpha value is -2.18. The maximum atomic E-state index is 10.4. The first-order valence-corrected chi connectivity index (χ1v) is 4.09. The summed E-state index contributed by atoms with van der Waals surface area (Å²) in [4.78, 5) is 20.6. The van der Waals surface area contributed by atoms with Crippen molar-refractivity contribution < 1.29 is 23.8 Å². The molecule has 0 fully saturated rings. The van der Waals surface area contributed by atoms with Crippen LogP contribution in [-0.4, -0.2) is 30.3 Å². The van der Waals surface area contributed by atoms with E-state index in [4.69, 9.17) is 15.3 Å². The molecule has 0 saturated carbocycles. The molecular formula is C8H10N2O5. The van der Waals surface area contributed by atoms with Gasteiger partial charge in [-0.05, 0) is 6.07 Å². The molecule has 0 aliphatic rings. The van der Waals surface area contributed by atoms with Gasteiger partial charge in [-0.1, -0.05) is 0 Å². The Morgan fingerprint density at radius 3 is 2.80 bits per heavy atom. The number of carboxylic acid groups (broad SMARTS) is 1. The van der Waals surface area contributed by atoms with Crippen molar-refractivity contribution in [3.63, 3.8) is 0 Å². The second-order valence-electron chi connectivity index (χ2n) is 2.56. The highest BCUT2D eigenvalue weighted by Gasteiger charge is 2.07. The number of ether oxygens (including phenoxy) is 1. The summed E-state index contributed by atoms with van der Waals surface area (Å²) in [5.74, 6) is -1.01. The zero-order valence-electron chi connectivity index (χ0n) is 7.73. The zero-order valence-corrected chi connectivity index (χ0v) is 7.73. The maximum Gasteiger partial charge on any atom is 0.404 e. The first-order valence-electron chi connectivity index (χ1n) is 4.09. The average Bonchev–Trinajstić information content (AvgIpc) is 2.60. The van der Waals surface area contributed by atoms with Crippen LogP contribution in [0.4, 0.5) is 10.7 Å². The number of rotatable bonds is 5.